The Morgan fingerprint density at radius 1 is 1.29 bits per heavy atom. The molecule has 2 aromatic rings. The number of nitrogens with one attached hydrogen (secondary N) is 1. The lowest BCUT2D eigenvalue weighted by atomic mass is 10.1. The third-order valence-electron chi connectivity index (χ3n) is 1.99. The van der Waals surface area contributed by atoms with E-state index in [2.05, 4.69) is 20.6 Å². The lowest BCUT2D eigenvalue weighted by molar-refractivity contribution is 0.669. The van der Waals surface area contributed by atoms with E-state index in [1.54, 1.807) is 0 Å². The van der Waals surface area contributed by atoms with Gasteiger partial charge in [-0.1, -0.05) is 35.5 Å². The molecule has 0 radical (unpaired) electrons. The summed E-state index contributed by atoms with van der Waals surface area (Å²) in [6.07, 6.45) is 0.723. The van der Waals surface area contributed by atoms with Gasteiger partial charge in [0.1, 0.15) is 0 Å². The molecule has 1 aromatic carbocycles. The topological polar surface area (TPSA) is 80.5 Å². The van der Waals surface area contributed by atoms with Gasteiger partial charge in [-0.05, 0) is 12.0 Å². The zero-order chi connectivity index (χ0) is 9.80. The number of nitrogens with zero attached hydrogens (tertiary/aromatic N) is 3. The smallest absolute Gasteiger partial charge is 0.191 e. The molecule has 0 fully saturated rings. The first-order valence-corrected chi connectivity index (χ1v) is 4.39. The zero-order valence-corrected chi connectivity index (χ0v) is 7.59. The van der Waals surface area contributed by atoms with E-state index in [0.29, 0.717) is 5.82 Å². The number of tetrazole rings is 1. The van der Waals surface area contributed by atoms with Gasteiger partial charge in [-0.3, -0.25) is 0 Å². The standard InChI is InChI=1S/C9H11N5/c10-8(9-11-13-14-12-9)6-7-4-2-1-3-5-7/h1-5,8H,6,10H2,(H,11,12,13,14)/t8-/m1/s1. The van der Waals surface area contributed by atoms with Gasteiger partial charge in [0.2, 0.25) is 0 Å². The molecule has 0 aliphatic rings. The van der Waals surface area contributed by atoms with Crippen LogP contribution in [0.5, 0.6) is 0 Å². The molecular formula is C9H11N5. The van der Waals surface area contributed by atoms with Crippen molar-refractivity contribution in [2.24, 2.45) is 5.73 Å². The number of hydrogen-bond acceptors (Lipinski definition) is 4. The second-order valence-electron chi connectivity index (χ2n) is 3.07. The summed E-state index contributed by atoms with van der Waals surface area (Å²) in [6, 6.07) is 9.80. The van der Waals surface area contributed by atoms with E-state index >= 15 is 0 Å². The van der Waals surface area contributed by atoms with E-state index in [4.69, 9.17) is 5.73 Å². The second kappa shape index (κ2) is 3.97. The molecule has 0 saturated carbocycles. The molecule has 1 atom stereocenters. The van der Waals surface area contributed by atoms with Crippen LogP contribution in [0.15, 0.2) is 30.3 Å². The molecule has 5 nitrogen and oxygen atoms in total. The monoisotopic (exact) mass is 189 g/mol. The minimum Gasteiger partial charge on any atom is -0.321 e. The average Bonchev–Trinajstić information content (AvgIpc) is 2.72. The molecular weight excluding hydrogens is 178 g/mol. The molecule has 0 unspecified atom stereocenters. The summed E-state index contributed by atoms with van der Waals surface area (Å²) in [5.74, 6) is 0.550. The van der Waals surface area contributed by atoms with Crippen molar-refractivity contribution in [1.82, 2.24) is 20.6 Å². The quantitative estimate of drug-likeness (QED) is 0.734. The molecule has 72 valence electrons. The summed E-state index contributed by atoms with van der Waals surface area (Å²) >= 11 is 0. The number of aromatic nitrogens is 4. The van der Waals surface area contributed by atoms with Crippen LogP contribution in [0.1, 0.15) is 17.4 Å². The van der Waals surface area contributed by atoms with Gasteiger partial charge < -0.3 is 5.73 Å². The minimum absolute atomic E-state index is 0.198. The van der Waals surface area contributed by atoms with E-state index in [-0.39, 0.29) is 6.04 Å². The third kappa shape index (κ3) is 1.94. The van der Waals surface area contributed by atoms with E-state index < -0.39 is 0 Å². The van der Waals surface area contributed by atoms with Crippen LogP contribution in [0.2, 0.25) is 0 Å². The Kier molecular flexibility index (Phi) is 2.51. The van der Waals surface area contributed by atoms with Gasteiger partial charge in [0.25, 0.3) is 0 Å². The number of rotatable bonds is 3. The molecule has 1 aromatic heterocycles. The highest BCUT2D eigenvalue weighted by molar-refractivity contribution is 5.16. The van der Waals surface area contributed by atoms with Gasteiger partial charge >= 0.3 is 0 Å². The zero-order valence-electron chi connectivity index (χ0n) is 7.59. The highest BCUT2D eigenvalue weighted by Gasteiger charge is 2.10. The van der Waals surface area contributed by atoms with Crippen molar-refractivity contribution < 1.29 is 0 Å². The van der Waals surface area contributed by atoms with Gasteiger partial charge in [0, 0.05) is 0 Å². The van der Waals surface area contributed by atoms with Crippen molar-refractivity contribution in [2.75, 3.05) is 0 Å². The van der Waals surface area contributed by atoms with Crippen molar-refractivity contribution in [1.29, 1.82) is 0 Å². The molecule has 3 N–H and O–H groups in total. The molecule has 0 aliphatic heterocycles. The predicted molar refractivity (Wildman–Crippen MR) is 51.3 cm³/mol. The van der Waals surface area contributed by atoms with Crippen molar-refractivity contribution >= 4 is 0 Å². The molecule has 0 aliphatic carbocycles. The molecule has 2 rings (SSSR count). The Bertz CT molecular complexity index is 369. The van der Waals surface area contributed by atoms with Crippen LogP contribution in [0, 0.1) is 0 Å². The van der Waals surface area contributed by atoms with E-state index in [9.17, 15) is 0 Å². The van der Waals surface area contributed by atoms with Crippen LogP contribution in [0.4, 0.5) is 0 Å². The maximum Gasteiger partial charge on any atom is 0.191 e. The summed E-state index contributed by atoms with van der Waals surface area (Å²) in [5.41, 5.74) is 7.06. The Balaban J connectivity index is 2.06. The lowest BCUT2D eigenvalue weighted by Gasteiger charge is -2.05. The highest BCUT2D eigenvalue weighted by atomic mass is 15.5. The van der Waals surface area contributed by atoms with Crippen molar-refractivity contribution in [3.8, 4) is 0 Å². The molecule has 0 bridgehead atoms. The van der Waals surface area contributed by atoms with Gasteiger partial charge in [-0.2, -0.15) is 5.21 Å². The Morgan fingerprint density at radius 2 is 2.07 bits per heavy atom. The molecule has 0 amide bonds. The van der Waals surface area contributed by atoms with Crippen LogP contribution >= 0.6 is 0 Å². The number of H-pyrrole nitrogens is 1. The number of nitrogens with two attached hydrogens (primary N) is 1. The summed E-state index contributed by atoms with van der Waals surface area (Å²) in [7, 11) is 0. The summed E-state index contributed by atoms with van der Waals surface area (Å²) < 4.78 is 0. The first-order chi connectivity index (χ1) is 6.86. The van der Waals surface area contributed by atoms with Crippen LogP contribution in [-0.4, -0.2) is 20.6 Å². The van der Waals surface area contributed by atoms with Crippen molar-refractivity contribution in [3.63, 3.8) is 0 Å². The molecule has 5 heteroatoms. The summed E-state index contributed by atoms with van der Waals surface area (Å²) in [4.78, 5) is 0. The van der Waals surface area contributed by atoms with Gasteiger partial charge in [0.15, 0.2) is 5.82 Å². The minimum atomic E-state index is -0.198. The molecule has 0 saturated heterocycles. The SMILES string of the molecule is N[C@H](Cc1ccccc1)c1nn[nH]n1. The Labute approximate surface area is 81.3 Å². The molecule has 0 spiro atoms. The first-order valence-electron chi connectivity index (χ1n) is 4.39. The summed E-state index contributed by atoms with van der Waals surface area (Å²) in [6.45, 7) is 0. The molecule has 14 heavy (non-hydrogen) atoms. The lowest BCUT2D eigenvalue weighted by Crippen LogP contribution is -2.15. The fraction of sp³-hybridized carbons (Fsp3) is 0.222. The van der Waals surface area contributed by atoms with E-state index in [1.165, 1.54) is 5.56 Å². The van der Waals surface area contributed by atoms with E-state index in [0.717, 1.165) is 6.42 Å². The first kappa shape index (κ1) is 8.83. The molecule has 1 heterocycles. The third-order valence-corrected chi connectivity index (χ3v) is 1.99. The normalized spacial score (nSPS) is 12.6. The number of aromatic amines is 1. The van der Waals surface area contributed by atoms with Gasteiger partial charge in [0.05, 0.1) is 6.04 Å². The van der Waals surface area contributed by atoms with Crippen molar-refractivity contribution in [3.05, 3.63) is 41.7 Å². The van der Waals surface area contributed by atoms with Gasteiger partial charge in [-0.25, -0.2) is 0 Å². The second-order valence-corrected chi connectivity index (χ2v) is 3.07. The Morgan fingerprint density at radius 3 is 2.71 bits per heavy atom. The fourth-order valence-electron chi connectivity index (χ4n) is 1.29. The van der Waals surface area contributed by atoms with Crippen molar-refractivity contribution in [2.45, 2.75) is 12.5 Å². The van der Waals surface area contributed by atoms with Crippen LogP contribution in [0.25, 0.3) is 0 Å². The number of benzene rings is 1. The summed E-state index contributed by atoms with van der Waals surface area (Å²) in [5, 5.41) is 13.5. The highest BCUT2D eigenvalue weighted by Crippen LogP contribution is 2.10. The number of hydrogen-bond donors (Lipinski definition) is 2. The van der Waals surface area contributed by atoms with Crippen LogP contribution in [0.3, 0.4) is 0 Å². The predicted octanol–water partition coefficient (Wildman–Crippen LogP) is 0.442. The van der Waals surface area contributed by atoms with Gasteiger partial charge in [-0.15, -0.1) is 10.2 Å². The van der Waals surface area contributed by atoms with E-state index in [1.807, 2.05) is 30.3 Å². The largest absolute Gasteiger partial charge is 0.321 e. The van der Waals surface area contributed by atoms with Crippen LogP contribution < -0.4 is 5.73 Å². The fourth-order valence-corrected chi connectivity index (χ4v) is 1.29. The Hall–Kier alpha value is -1.75. The maximum atomic E-state index is 5.89. The average molecular weight is 189 g/mol. The maximum absolute atomic E-state index is 5.89. The van der Waals surface area contributed by atoms with Crippen LogP contribution in [-0.2, 0) is 6.42 Å².